The Balaban J connectivity index is 1.78. The number of rotatable bonds is 14. The molecule has 0 atom stereocenters. The minimum absolute atomic E-state index is 0.364. The molecule has 2 rings (SSSR count). The van der Waals surface area contributed by atoms with Gasteiger partial charge in [0.1, 0.15) is 0 Å². The van der Waals surface area contributed by atoms with Crippen LogP contribution in [0.25, 0.3) is 11.4 Å². The Morgan fingerprint density at radius 2 is 1.50 bits per heavy atom. The van der Waals surface area contributed by atoms with Gasteiger partial charge >= 0.3 is 5.97 Å². The number of aryl methyl sites for hydroxylation is 1. The number of hydrogen-bond donors (Lipinski definition) is 0. The molecule has 2 aromatic rings. The lowest BCUT2D eigenvalue weighted by Crippen LogP contribution is -2.04. The van der Waals surface area contributed by atoms with Crippen molar-refractivity contribution in [1.29, 1.82) is 0 Å². The standard InChI is InChI=1S/C26H36N2O2/c1-3-5-7-9-11-13-15-25(29)30-24-20-27-26(28-21-24)23-18-16-22(17-19-23)14-12-10-8-6-4-2/h13,15-21H,3-12,14H2,1-2H3. The van der Waals surface area contributed by atoms with Crippen LogP contribution in [0, 0.1) is 0 Å². The van der Waals surface area contributed by atoms with Gasteiger partial charge in [0.15, 0.2) is 11.6 Å². The van der Waals surface area contributed by atoms with Crippen LogP contribution in [0.5, 0.6) is 5.75 Å². The molecule has 1 aromatic heterocycles. The smallest absolute Gasteiger partial charge is 0.335 e. The molecule has 0 fully saturated rings. The Kier molecular flexibility index (Phi) is 11.5. The molecule has 162 valence electrons. The number of carbonyl (C=O) groups is 1. The molecule has 0 saturated carbocycles. The molecule has 30 heavy (non-hydrogen) atoms. The zero-order valence-electron chi connectivity index (χ0n) is 18.6. The van der Waals surface area contributed by atoms with Crippen LogP contribution in [-0.2, 0) is 11.2 Å². The largest absolute Gasteiger partial charge is 0.420 e. The van der Waals surface area contributed by atoms with E-state index in [1.165, 1.54) is 63.0 Å². The lowest BCUT2D eigenvalue weighted by molar-refractivity contribution is -0.129. The fourth-order valence-corrected chi connectivity index (χ4v) is 3.29. The van der Waals surface area contributed by atoms with E-state index < -0.39 is 0 Å². The van der Waals surface area contributed by atoms with Crippen LogP contribution >= 0.6 is 0 Å². The van der Waals surface area contributed by atoms with Crippen molar-refractivity contribution in [1.82, 2.24) is 9.97 Å². The molecule has 0 bridgehead atoms. The summed E-state index contributed by atoms with van der Waals surface area (Å²) in [5.74, 6) is 0.615. The zero-order chi connectivity index (χ0) is 21.4. The number of allylic oxidation sites excluding steroid dienone is 1. The molecule has 4 heteroatoms. The summed E-state index contributed by atoms with van der Waals surface area (Å²) in [6.07, 6.45) is 19.7. The number of nitrogens with zero attached hydrogens (tertiary/aromatic N) is 2. The van der Waals surface area contributed by atoms with Gasteiger partial charge in [0, 0.05) is 11.6 Å². The fourth-order valence-electron chi connectivity index (χ4n) is 3.29. The van der Waals surface area contributed by atoms with E-state index >= 15 is 0 Å². The summed E-state index contributed by atoms with van der Waals surface area (Å²) < 4.78 is 5.27. The topological polar surface area (TPSA) is 52.1 Å². The monoisotopic (exact) mass is 408 g/mol. The van der Waals surface area contributed by atoms with E-state index in [1.54, 1.807) is 12.4 Å². The molecular weight excluding hydrogens is 372 g/mol. The minimum Gasteiger partial charge on any atom is -0.420 e. The van der Waals surface area contributed by atoms with Crippen molar-refractivity contribution >= 4 is 5.97 Å². The lowest BCUT2D eigenvalue weighted by Gasteiger charge is -2.05. The maximum Gasteiger partial charge on any atom is 0.335 e. The van der Waals surface area contributed by atoms with Gasteiger partial charge in [-0.25, -0.2) is 14.8 Å². The number of ether oxygens (including phenoxy) is 1. The molecule has 0 aliphatic carbocycles. The quantitative estimate of drug-likeness (QED) is 0.190. The molecule has 0 saturated heterocycles. The van der Waals surface area contributed by atoms with Crippen LogP contribution in [0.1, 0.15) is 83.6 Å². The first kappa shape index (κ1) is 23.8. The molecule has 0 radical (unpaired) electrons. The van der Waals surface area contributed by atoms with Crippen LogP contribution in [0.3, 0.4) is 0 Å². The van der Waals surface area contributed by atoms with Gasteiger partial charge in [0.05, 0.1) is 12.4 Å². The average Bonchev–Trinajstić information content (AvgIpc) is 2.77. The van der Waals surface area contributed by atoms with Crippen molar-refractivity contribution < 1.29 is 9.53 Å². The average molecular weight is 409 g/mol. The summed E-state index contributed by atoms with van der Waals surface area (Å²) >= 11 is 0. The number of hydrogen-bond acceptors (Lipinski definition) is 4. The van der Waals surface area contributed by atoms with Gasteiger partial charge in [-0.1, -0.05) is 89.1 Å². The third kappa shape index (κ3) is 9.34. The van der Waals surface area contributed by atoms with Gasteiger partial charge in [0.2, 0.25) is 0 Å². The zero-order valence-corrected chi connectivity index (χ0v) is 18.6. The second kappa shape index (κ2) is 14.5. The SMILES string of the molecule is CCCCCCC=CC(=O)Oc1cnc(-c2ccc(CCCCCCC)cc2)nc1. The summed E-state index contributed by atoms with van der Waals surface area (Å²) in [6.45, 7) is 4.43. The van der Waals surface area contributed by atoms with Gasteiger partial charge < -0.3 is 4.74 Å². The van der Waals surface area contributed by atoms with E-state index in [-0.39, 0.29) is 5.97 Å². The third-order valence-corrected chi connectivity index (χ3v) is 5.11. The molecule has 4 nitrogen and oxygen atoms in total. The molecule has 0 amide bonds. The highest BCUT2D eigenvalue weighted by Crippen LogP contribution is 2.18. The van der Waals surface area contributed by atoms with Gasteiger partial charge in [0.25, 0.3) is 0 Å². The predicted molar refractivity (Wildman–Crippen MR) is 123 cm³/mol. The Bertz CT molecular complexity index is 752. The van der Waals surface area contributed by atoms with Crippen molar-refractivity contribution in [3.63, 3.8) is 0 Å². The molecular formula is C26H36N2O2. The van der Waals surface area contributed by atoms with E-state index in [1.807, 2.05) is 6.08 Å². The van der Waals surface area contributed by atoms with Crippen molar-refractivity contribution in [2.75, 3.05) is 0 Å². The lowest BCUT2D eigenvalue weighted by atomic mass is 10.0. The van der Waals surface area contributed by atoms with Gasteiger partial charge in [-0.15, -0.1) is 0 Å². The summed E-state index contributed by atoms with van der Waals surface area (Å²) in [4.78, 5) is 20.6. The van der Waals surface area contributed by atoms with Crippen LogP contribution in [0.4, 0.5) is 0 Å². The molecule has 0 unspecified atom stereocenters. The molecule has 0 aliphatic heterocycles. The second-order valence-electron chi connectivity index (χ2n) is 7.78. The molecule has 0 N–H and O–H groups in total. The molecule has 0 aliphatic rings. The Labute approximate surface area is 181 Å². The van der Waals surface area contributed by atoms with Crippen LogP contribution < -0.4 is 4.74 Å². The maximum absolute atomic E-state index is 11.9. The minimum atomic E-state index is -0.384. The maximum atomic E-state index is 11.9. The van der Waals surface area contributed by atoms with Gasteiger partial charge in [-0.2, -0.15) is 0 Å². The van der Waals surface area contributed by atoms with Crippen LogP contribution in [0.2, 0.25) is 0 Å². The summed E-state index contributed by atoms with van der Waals surface area (Å²) in [6, 6.07) is 8.42. The summed E-state index contributed by atoms with van der Waals surface area (Å²) in [5.41, 5.74) is 2.32. The van der Waals surface area contributed by atoms with E-state index in [0.29, 0.717) is 11.6 Å². The predicted octanol–water partition coefficient (Wildman–Crippen LogP) is 7.09. The summed E-state index contributed by atoms with van der Waals surface area (Å²) in [7, 11) is 0. The Hall–Kier alpha value is -2.49. The highest BCUT2D eigenvalue weighted by molar-refractivity contribution is 5.83. The van der Waals surface area contributed by atoms with Crippen molar-refractivity contribution in [3.8, 4) is 17.1 Å². The van der Waals surface area contributed by atoms with E-state index in [4.69, 9.17) is 4.74 Å². The van der Waals surface area contributed by atoms with Crippen LogP contribution in [0.15, 0.2) is 48.8 Å². The van der Waals surface area contributed by atoms with E-state index in [0.717, 1.165) is 24.8 Å². The first-order valence-corrected chi connectivity index (χ1v) is 11.5. The number of aromatic nitrogens is 2. The number of benzene rings is 1. The van der Waals surface area contributed by atoms with E-state index in [9.17, 15) is 4.79 Å². The highest BCUT2D eigenvalue weighted by Gasteiger charge is 2.05. The molecule has 1 heterocycles. The second-order valence-corrected chi connectivity index (χ2v) is 7.78. The van der Waals surface area contributed by atoms with Gasteiger partial charge in [-0.3, -0.25) is 0 Å². The highest BCUT2D eigenvalue weighted by atomic mass is 16.5. The van der Waals surface area contributed by atoms with Crippen LogP contribution in [-0.4, -0.2) is 15.9 Å². The number of unbranched alkanes of at least 4 members (excludes halogenated alkanes) is 8. The number of esters is 1. The normalized spacial score (nSPS) is 11.1. The first-order chi connectivity index (χ1) is 14.7. The Morgan fingerprint density at radius 1 is 0.867 bits per heavy atom. The van der Waals surface area contributed by atoms with Crippen molar-refractivity contribution in [3.05, 3.63) is 54.4 Å². The third-order valence-electron chi connectivity index (χ3n) is 5.11. The fraction of sp³-hybridized carbons (Fsp3) is 0.500. The van der Waals surface area contributed by atoms with E-state index in [2.05, 4.69) is 48.1 Å². The van der Waals surface area contributed by atoms with Crippen molar-refractivity contribution in [2.24, 2.45) is 0 Å². The Morgan fingerprint density at radius 3 is 2.17 bits per heavy atom. The van der Waals surface area contributed by atoms with Crippen molar-refractivity contribution in [2.45, 2.75) is 84.5 Å². The molecule has 1 aromatic carbocycles. The summed E-state index contributed by atoms with van der Waals surface area (Å²) in [5, 5.41) is 0. The first-order valence-electron chi connectivity index (χ1n) is 11.5. The number of carbonyl (C=O) groups excluding carboxylic acids is 1. The van der Waals surface area contributed by atoms with Gasteiger partial charge in [-0.05, 0) is 31.2 Å². The molecule has 0 spiro atoms.